The number of ketones is 1. The van der Waals surface area contributed by atoms with E-state index in [2.05, 4.69) is 0 Å². The molecule has 0 aliphatic carbocycles. The smallest absolute Gasteiger partial charge is 0.132 e. The summed E-state index contributed by atoms with van der Waals surface area (Å²) in [5.41, 5.74) is 0. The van der Waals surface area contributed by atoms with Crippen molar-refractivity contribution in [3.05, 3.63) is 0 Å². The van der Waals surface area contributed by atoms with Gasteiger partial charge in [-0.05, 0) is 26.7 Å². The molecule has 0 saturated heterocycles. The van der Waals surface area contributed by atoms with Gasteiger partial charge in [-0.15, -0.1) is 0 Å². The Kier molecular flexibility index (Phi) is 6.82. The molecule has 3 nitrogen and oxygen atoms in total. The van der Waals surface area contributed by atoms with Crippen LogP contribution in [-0.2, 0) is 9.53 Å². The lowest BCUT2D eigenvalue weighted by Gasteiger charge is -2.15. The maximum atomic E-state index is 11.0. The van der Waals surface area contributed by atoms with Gasteiger partial charge in [-0.1, -0.05) is 6.92 Å². The molecule has 0 saturated carbocycles. The van der Waals surface area contributed by atoms with E-state index in [0.29, 0.717) is 19.6 Å². The van der Waals surface area contributed by atoms with Gasteiger partial charge in [-0.2, -0.15) is 0 Å². The van der Waals surface area contributed by atoms with E-state index in [0.717, 1.165) is 6.42 Å². The maximum absolute atomic E-state index is 11.0. The van der Waals surface area contributed by atoms with Gasteiger partial charge in [-0.25, -0.2) is 0 Å². The van der Waals surface area contributed by atoms with Crippen LogP contribution in [0.2, 0.25) is 0 Å². The minimum absolute atomic E-state index is 0.0181. The topological polar surface area (TPSA) is 46.5 Å². The number of aliphatic hydroxyl groups is 1. The van der Waals surface area contributed by atoms with Crippen LogP contribution in [0.4, 0.5) is 0 Å². The van der Waals surface area contributed by atoms with Gasteiger partial charge in [0.05, 0.1) is 12.7 Å². The van der Waals surface area contributed by atoms with Gasteiger partial charge < -0.3 is 9.84 Å². The number of hydrogen-bond acceptors (Lipinski definition) is 3. The first kappa shape index (κ1) is 12.6. The van der Waals surface area contributed by atoms with Crippen LogP contribution in [-0.4, -0.2) is 30.2 Å². The van der Waals surface area contributed by atoms with Crippen LogP contribution in [0.5, 0.6) is 0 Å². The Morgan fingerprint density at radius 2 is 2.08 bits per heavy atom. The lowest BCUT2D eigenvalue weighted by Crippen LogP contribution is -2.22. The molecule has 0 aromatic heterocycles. The summed E-state index contributed by atoms with van der Waals surface area (Å²) in [6.45, 7) is 6.35. The fraction of sp³-hybridized carbons (Fsp3) is 0.900. The zero-order chi connectivity index (χ0) is 10.3. The summed E-state index contributed by atoms with van der Waals surface area (Å²) in [5, 5.41) is 9.45. The van der Waals surface area contributed by atoms with Gasteiger partial charge >= 0.3 is 0 Å². The second kappa shape index (κ2) is 7.04. The Morgan fingerprint density at radius 3 is 2.46 bits per heavy atom. The summed E-state index contributed by atoms with van der Waals surface area (Å²) in [6, 6.07) is 0. The predicted octanol–water partition coefficient (Wildman–Crippen LogP) is 1.39. The second-order valence-electron chi connectivity index (χ2n) is 3.26. The Labute approximate surface area is 80.1 Å². The van der Waals surface area contributed by atoms with Crippen molar-refractivity contribution in [3.8, 4) is 0 Å². The zero-order valence-corrected chi connectivity index (χ0v) is 8.75. The van der Waals surface area contributed by atoms with Crippen LogP contribution in [0.1, 0.15) is 33.6 Å². The van der Waals surface area contributed by atoms with Crippen molar-refractivity contribution in [2.45, 2.75) is 39.7 Å². The molecule has 78 valence electrons. The van der Waals surface area contributed by atoms with Gasteiger partial charge in [0.15, 0.2) is 0 Å². The fourth-order valence-corrected chi connectivity index (χ4v) is 1.27. The highest BCUT2D eigenvalue weighted by atomic mass is 16.5. The van der Waals surface area contributed by atoms with E-state index >= 15 is 0 Å². The highest BCUT2D eigenvalue weighted by Crippen LogP contribution is 2.12. The number of hydrogen-bond donors (Lipinski definition) is 1. The van der Waals surface area contributed by atoms with Crippen molar-refractivity contribution in [1.82, 2.24) is 0 Å². The molecular weight excluding hydrogens is 168 g/mol. The molecule has 0 spiro atoms. The quantitative estimate of drug-likeness (QED) is 0.656. The first-order chi connectivity index (χ1) is 6.11. The van der Waals surface area contributed by atoms with E-state index in [1.807, 2.05) is 13.8 Å². The largest absolute Gasteiger partial charge is 0.391 e. The van der Waals surface area contributed by atoms with Crippen molar-refractivity contribution in [1.29, 1.82) is 0 Å². The molecule has 13 heavy (non-hydrogen) atoms. The van der Waals surface area contributed by atoms with Gasteiger partial charge in [0.25, 0.3) is 0 Å². The average Bonchev–Trinajstić information content (AvgIpc) is 2.10. The van der Waals surface area contributed by atoms with Crippen LogP contribution in [0, 0.1) is 5.92 Å². The SMILES string of the molecule is CCOCC(O)CC(CC)C(C)=O. The monoisotopic (exact) mass is 188 g/mol. The second-order valence-corrected chi connectivity index (χ2v) is 3.26. The summed E-state index contributed by atoms with van der Waals surface area (Å²) in [5.74, 6) is 0.133. The summed E-state index contributed by atoms with van der Waals surface area (Å²) < 4.78 is 5.06. The third kappa shape index (κ3) is 5.77. The molecule has 0 rings (SSSR count). The van der Waals surface area contributed by atoms with E-state index in [-0.39, 0.29) is 11.7 Å². The molecule has 0 aromatic carbocycles. The van der Waals surface area contributed by atoms with E-state index in [4.69, 9.17) is 4.74 Å². The van der Waals surface area contributed by atoms with Crippen LogP contribution in [0.25, 0.3) is 0 Å². The molecule has 0 heterocycles. The lowest BCUT2D eigenvalue weighted by atomic mass is 9.95. The summed E-state index contributed by atoms with van der Waals surface area (Å²) in [7, 11) is 0. The number of rotatable bonds is 7. The van der Waals surface area contributed by atoms with Crippen molar-refractivity contribution >= 4 is 5.78 Å². The van der Waals surface area contributed by atoms with Gasteiger partial charge in [0.2, 0.25) is 0 Å². The van der Waals surface area contributed by atoms with E-state index in [9.17, 15) is 9.90 Å². The molecule has 0 fully saturated rings. The Balaban J connectivity index is 3.73. The highest BCUT2D eigenvalue weighted by molar-refractivity contribution is 5.78. The summed E-state index contributed by atoms with van der Waals surface area (Å²) in [4.78, 5) is 11.0. The van der Waals surface area contributed by atoms with Crippen molar-refractivity contribution in [2.24, 2.45) is 5.92 Å². The normalized spacial score (nSPS) is 15.4. The molecule has 0 aromatic rings. The average molecular weight is 188 g/mol. The fourth-order valence-electron chi connectivity index (χ4n) is 1.27. The predicted molar refractivity (Wildman–Crippen MR) is 51.6 cm³/mol. The molecule has 3 heteroatoms. The van der Waals surface area contributed by atoms with Crippen LogP contribution in [0.15, 0.2) is 0 Å². The number of carbonyl (C=O) groups is 1. The van der Waals surface area contributed by atoms with Gasteiger partial charge in [-0.3, -0.25) is 4.79 Å². The molecule has 0 aliphatic heterocycles. The third-order valence-corrected chi connectivity index (χ3v) is 2.14. The first-order valence-electron chi connectivity index (χ1n) is 4.88. The summed E-state index contributed by atoms with van der Waals surface area (Å²) >= 11 is 0. The molecule has 2 unspecified atom stereocenters. The molecule has 0 aliphatic rings. The maximum Gasteiger partial charge on any atom is 0.132 e. The highest BCUT2D eigenvalue weighted by Gasteiger charge is 2.16. The number of carbonyl (C=O) groups excluding carboxylic acids is 1. The number of aliphatic hydroxyl groups excluding tert-OH is 1. The minimum atomic E-state index is -0.506. The Bertz CT molecular complexity index is 145. The van der Waals surface area contributed by atoms with Crippen LogP contribution >= 0.6 is 0 Å². The molecular formula is C10H20O3. The summed E-state index contributed by atoms with van der Waals surface area (Å²) in [6.07, 6.45) is 0.804. The van der Waals surface area contributed by atoms with Gasteiger partial charge in [0.1, 0.15) is 5.78 Å². The van der Waals surface area contributed by atoms with E-state index in [1.54, 1.807) is 6.92 Å². The molecule has 0 radical (unpaired) electrons. The Hall–Kier alpha value is -0.410. The first-order valence-corrected chi connectivity index (χ1v) is 4.88. The molecule has 1 N–H and O–H groups in total. The van der Waals surface area contributed by atoms with Crippen molar-refractivity contribution in [3.63, 3.8) is 0 Å². The van der Waals surface area contributed by atoms with E-state index in [1.165, 1.54) is 0 Å². The van der Waals surface area contributed by atoms with Crippen molar-refractivity contribution < 1.29 is 14.6 Å². The third-order valence-electron chi connectivity index (χ3n) is 2.14. The molecule has 0 amide bonds. The van der Waals surface area contributed by atoms with Crippen molar-refractivity contribution in [2.75, 3.05) is 13.2 Å². The minimum Gasteiger partial charge on any atom is -0.391 e. The number of ether oxygens (including phenoxy) is 1. The molecule has 0 bridgehead atoms. The number of Topliss-reactive ketones (excluding diaryl/α,β-unsaturated/α-hetero) is 1. The van der Waals surface area contributed by atoms with Gasteiger partial charge in [0, 0.05) is 12.5 Å². The Morgan fingerprint density at radius 1 is 1.46 bits per heavy atom. The standard InChI is InChI=1S/C10H20O3/c1-4-9(8(3)11)6-10(12)7-13-5-2/h9-10,12H,4-7H2,1-3H3. The van der Waals surface area contributed by atoms with E-state index < -0.39 is 6.10 Å². The zero-order valence-electron chi connectivity index (χ0n) is 8.75. The van der Waals surface area contributed by atoms with Crippen LogP contribution in [0.3, 0.4) is 0 Å². The van der Waals surface area contributed by atoms with Crippen LogP contribution < -0.4 is 0 Å². The lowest BCUT2D eigenvalue weighted by molar-refractivity contribution is -0.122. The molecule has 2 atom stereocenters.